The molecule has 2 N–H and O–H groups in total. The first-order chi connectivity index (χ1) is 16.5. The number of halogens is 1. The Morgan fingerprint density at radius 2 is 1.94 bits per heavy atom. The first-order valence-corrected chi connectivity index (χ1v) is 12.4. The van der Waals surface area contributed by atoms with Gasteiger partial charge >= 0.3 is 0 Å². The summed E-state index contributed by atoms with van der Waals surface area (Å²) in [6.45, 7) is 3.32. The molecular formula is C25H29ClN6O2. The number of fused-ring (bicyclic) bond motifs is 1. The van der Waals surface area contributed by atoms with Crippen molar-refractivity contribution in [3.8, 4) is 0 Å². The van der Waals surface area contributed by atoms with E-state index in [1.54, 1.807) is 35.0 Å². The summed E-state index contributed by atoms with van der Waals surface area (Å²) in [6, 6.07) is 9.33. The third-order valence-electron chi connectivity index (χ3n) is 6.81. The second-order valence-corrected chi connectivity index (χ2v) is 9.57. The number of hydrogen-bond acceptors (Lipinski definition) is 5. The van der Waals surface area contributed by atoms with Gasteiger partial charge in [0.15, 0.2) is 5.65 Å². The number of anilines is 2. The minimum absolute atomic E-state index is 0.00793. The average molecular weight is 481 g/mol. The molecule has 1 aliphatic heterocycles. The van der Waals surface area contributed by atoms with Crippen LogP contribution in [0.1, 0.15) is 67.4 Å². The van der Waals surface area contributed by atoms with E-state index in [-0.39, 0.29) is 17.7 Å². The number of carbonyl (C=O) groups is 2. The molecule has 5 rings (SSSR count). The maximum Gasteiger partial charge on any atom is 0.261 e. The molecule has 1 saturated heterocycles. The molecule has 0 unspecified atom stereocenters. The molecular weight excluding hydrogens is 452 g/mol. The smallest absolute Gasteiger partial charge is 0.261 e. The van der Waals surface area contributed by atoms with Gasteiger partial charge in [0.1, 0.15) is 11.4 Å². The number of rotatable bonds is 6. The molecule has 3 heterocycles. The molecule has 2 amide bonds. The number of carbonyl (C=O) groups excluding carboxylic acids is 2. The monoisotopic (exact) mass is 480 g/mol. The summed E-state index contributed by atoms with van der Waals surface area (Å²) in [6.07, 6.45) is 7.88. The Labute approximate surface area is 203 Å². The summed E-state index contributed by atoms with van der Waals surface area (Å²) in [5.74, 6) is 0.666. The zero-order valence-electron chi connectivity index (χ0n) is 19.3. The average Bonchev–Trinajstić information content (AvgIpc) is 3.44. The van der Waals surface area contributed by atoms with Crippen LogP contribution in [0.15, 0.2) is 36.5 Å². The first kappa shape index (κ1) is 22.7. The van der Waals surface area contributed by atoms with Gasteiger partial charge < -0.3 is 15.5 Å². The van der Waals surface area contributed by atoms with Gasteiger partial charge in [0.2, 0.25) is 5.91 Å². The first-order valence-electron chi connectivity index (χ1n) is 12.0. The van der Waals surface area contributed by atoms with Gasteiger partial charge in [-0.2, -0.15) is 9.61 Å². The van der Waals surface area contributed by atoms with Gasteiger partial charge in [-0.3, -0.25) is 9.59 Å². The predicted molar refractivity (Wildman–Crippen MR) is 132 cm³/mol. The van der Waals surface area contributed by atoms with Crippen molar-refractivity contribution in [2.45, 2.75) is 57.4 Å². The topological polar surface area (TPSA) is 91.6 Å². The third-order valence-corrected chi connectivity index (χ3v) is 7.06. The van der Waals surface area contributed by atoms with Gasteiger partial charge in [0.05, 0.1) is 11.9 Å². The number of nitrogens with zero attached hydrogens (tertiary/aromatic N) is 4. The van der Waals surface area contributed by atoms with Crippen LogP contribution in [0.4, 0.5) is 11.5 Å². The number of likely N-dealkylation sites (tertiary alicyclic amines) is 1. The lowest BCUT2D eigenvalue weighted by Crippen LogP contribution is -2.25. The third kappa shape index (κ3) is 4.59. The Bertz CT molecular complexity index is 1200. The molecule has 2 aromatic heterocycles. The highest BCUT2D eigenvalue weighted by Crippen LogP contribution is 2.31. The van der Waals surface area contributed by atoms with Crippen LogP contribution in [-0.2, 0) is 4.79 Å². The van der Waals surface area contributed by atoms with Gasteiger partial charge in [-0.25, -0.2) is 4.98 Å². The van der Waals surface area contributed by atoms with Crippen LogP contribution in [-0.4, -0.2) is 50.4 Å². The van der Waals surface area contributed by atoms with Crippen LogP contribution in [0.25, 0.3) is 5.65 Å². The number of likely N-dealkylation sites (N-methyl/N-ethyl adjacent to an activating group) is 1. The van der Waals surface area contributed by atoms with Crippen molar-refractivity contribution < 1.29 is 9.59 Å². The summed E-state index contributed by atoms with van der Waals surface area (Å²) in [4.78, 5) is 32.2. The summed E-state index contributed by atoms with van der Waals surface area (Å²) in [7, 11) is 0. The van der Waals surface area contributed by atoms with Crippen molar-refractivity contribution >= 4 is 40.6 Å². The van der Waals surface area contributed by atoms with E-state index < -0.39 is 0 Å². The summed E-state index contributed by atoms with van der Waals surface area (Å²) in [5.41, 5.74) is 2.34. The van der Waals surface area contributed by atoms with Crippen molar-refractivity contribution in [1.29, 1.82) is 0 Å². The van der Waals surface area contributed by atoms with Gasteiger partial charge in [0, 0.05) is 48.2 Å². The Morgan fingerprint density at radius 1 is 1.18 bits per heavy atom. The summed E-state index contributed by atoms with van der Waals surface area (Å²) < 4.78 is 1.71. The van der Waals surface area contributed by atoms with Gasteiger partial charge in [-0.05, 0) is 44.0 Å². The van der Waals surface area contributed by atoms with Crippen molar-refractivity contribution in [1.82, 2.24) is 19.5 Å². The lowest BCUT2D eigenvalue weighted by molar-refractivity contribution is -0.127. The van der Waals surface area contributed by atoms with Crippen molar-refractivity contribution in [2.75, 3.05) is 23.7 Å². The molecule has 1 atom stereocenters. The fourth-order valence-corrected chi connectivity index (χ4v) is 5.04. The lowest BCUT2D eigenvalue weighted by Gasteiger charge is -2.24. The molecule has 0 spiro atoms. The number of hydrogen-bond donors (Lipinski definition) is 2. The second-order valence-electron chi connectivity index (χ2n) is 9.13. The van der Waals surface area contributed by atoms with Gasteiger partial charge in [-0.1, -0.05) is 30.9 Å². The minimum Gasteiger partial charge on any atom is -0.367 e. The highest BCUT2D eigenvalue weighted by Gasteiger charge is 2.32. The largest absolute Gasteiger partial charge is 0.367 e. The van der Waals surface area contributed by atoms with Crippen LogP contribution in [0, 0.1) is 0 Å². The van der Waals surface area contributed by atoms with E-state index in [9.17, 15) is 9.59 Å². The molecule has 9 heteroatoms. The van der Waals surface area contributed by atoms with E-state index in [2.05, 4.69) is 15.7 Å². The van der Waals surface area contributed by atoms with Gasteiger partial charge in [-0.15, -0.1) is 0 Å². The van der Waals surface area contributed by atoms with Crippen LogP contribution in [0.5, 0.6) is 0 Å². The van der Waals surface area contributed by atoms with Crippen LogP contribution in [0.2, 0.25) is 5.02 Å². The van der Waals surface area contributed by atoms with E-state index >= 15 is 0 Å². The molecule has 0 bridgehead atoms. The fourth-order valence-electron chi connectivity index (χ4n) is 4.92. The van der Waals surface area contributed by atoms with E-state index in [1.165, 1.54) is 19.3 Å². The zero-order chi connectivity index (χ0) is 23.7. The molecule has 1 aromatic carbocycles. The Kier molecular flexibility index (Phi) is 6.41. The quantitative estimate of drug-likeness (QED) is 0.532. The minimum atomic E-state index is -0.289. The van der Waals surface area contributed by atoms with Crippen LogP contribution >= 0.6 is 11.6 Å². The molecule has 2 aliphatic rings. The molecule has 8 nitrogen and oxygen atoms in total. The number of nitrogens with one attached hydrogen (secondary N) is 2. The SMILES string of the molecule is CCN1C[C@@H](c2cc(NC3CCCCC3)n3ncc(C(=O)Nc4ccc(Cl)cc4)c3n2)CC1=O. The molecule has 1 saturated carbocycles. The highest BCUT2D eigenvalue weighted by molar-refractivity contribution is 6.30. The maximum absolute atomic E-state index is 13.1. The van der Waals surface area contributed by atoms with Gasteiger partial charge in [0.25, 0.3) is 5.91 Å². The predicted octanol–water partition coefficient (Wildman–Crippen LogP) is 4.72. The summed E-state index contributed by atoms with van der Waals surface area (Å²) in [5, 5.41) is 11.7. The van der Waals surface area contributed by atoms with Crippen molar-refractivity contribution in [2.24, 2.45) is 0 Å². The highest BCUT2D eigenvalue weighted by atomic mass is 35.5. The molecule has 2 fully saturated rings. The number of benzene rings is 1. The molecule has 1 aliphatic carbocycles. The van der Waals surface area contributed by atoms with Crippen molar-refractivity contribution in [3.05, 3.63) is 52.8 Å². The van der Waals surface area contributed by atoms with Crippen LogP contribution < -0.4 is 10.6 Å². The standard InChI is InChI=1S/C25H29ClN6O2/c1-2-31-15-16(12-23(31)33)21-13-22(28-18-6-4-3-5-7-18)32-24(30-21)20(14-27-32)25(34)29-19-10-8-17(26)9-11-19/h8-11,13-14,16,18,28H,2-7,12,15H2,1H3,(H,29,34)/t16-/m0/s1. The Balaban J connectivity index is 1.50. The normalized spacial score (nSPS) is 19.1. The fraction of sp³-hybridized carbons (Fsp3) is 0.440. The van der Waals surface area contributed by atoms with Crippen LogP contribution in [0.3, 0.4) is 0 Å². The molecule has 34 heavy (non-hydrogen) atoms. The second kappa shape index (κ2) is 9.62. The maximum atomic E-state index is 13.1. The molecule has 0 radical (unpaired) electrons. The van der Waals surface area contributed by atoms with E-state index in [0.717, 1.165) is 24.4 Å². The molecule has 178 valence electrons. The Hall–Kier alpha value is -3.13. The number of amides is 2. The van der Waals surface area contributed by atoms with E-state index in [0.29, 0.717) is 47.5 Å². The van der Waals surface area contributed by atoms with Crippen molar-refractivity contribution in [3.63, 3.8) is 0 Å². The summed E-state index contributed by atoms with van der Waals surface area (Å²) >= 11 is 5.96. The van der Waals surface area contributed by atoms with E-state index in [1.807, 2.05) is 17.9 Å². The Morgan fingerprint density at radius 3 is 2.65 bits per heavy atom. The number of aromatic nitrogens is 3. The van der Waals surface area contributed by atoms with E-state index in [4.69, 9.17) is 16.6 Å². The lowest BCUT2D eigenvalue weighted by atomic mass is 9.95. The zero-order valence-corrected chi connectivity index (χ0v) is 20.0. The molecule has 3 aromatic rings.